The molecule has 2 N–H and O–H groups in total. The third-order valence-corrected chi connectivity index (χ3v) is 3.17. The van der Waals surface area contributed by atoms with Crippen LogP contribution < -0.4 is 15.4 Å². The summed E-state index contributed by atoms with van der Waals surface area (Å²) in [6, 6.07) is 10.9. The number of nitrogens with one attached hydrogen (secondary N) is 2. The summed E-state index contributed by atoms with van der Waals surface area (Å²) in [5.41, 5.74) is 1.16. The Labute approximate surface area is 133 Å². The van der Waals surface area contributed by atoms with E-state index in [0.717, 1.165) is 5.56 Å². The van der Waals surface area contributed by atoms with Crippen molar-refractivity contribution in [2.45, 2.75) is 6.92 Å². The lowest BCUT2D eigenvalue weighted by atomic mass is 10.2. The lowest BCUT2D eigenvalue weighted by Gasteiger charge is -2.11. The molecule has 0 unspecified atom stereocenters. The highest BCUT2D eigenvalue weighted by Crippen LogP contribution is 2.24. The van der Waals surface area contributed by atoms with Gasteiger partial charge >= 0.3 is 6.03 Å². The molecule has 2 aromatic rings. The van der Waals surface area contributed by atoms with Crippen LogP contribution in [0.15, 0.2) is 42.5 Å². The van der Waals surface area contributed by atoms with E-state index in [0.29, 0.717) is 10.8 Å². The minimum absolute atomic E-state index is 0.127. The number of urea groups is 1. The van der Waals surface area contributed by atoms with Gasteiger partial charge in [0.2, 0.25) is 0 Å². The summed E-state index contributed by atoms with van der Waals surface area (Å²) in [6.07, 6.45) is 0. The van der Waals surface area contributed by atoms with Crippen LogP contribution in [0.5, 0.6) is 5.75 Å². The number of rotatable bonds is 5. The van der Waals surface area contributed by atoms with Crippen molar-refractivity contribution >= 4 is 23.3 Å². The predicted octanol–water partition coefficient (Wildman–Crippen LogP) is 3.99. The molecule has 116 valence electrons. The maximum absolute atomic E-state index is 13.4. The van der Waals surface area contributed by atoms with Crippen LogP contribution in [-0.4, -0.2) is 19.2 Å². The second-order valence-electron chi connectivity index (χ2n) is 4.64. The highest BCUT2D eigenvalue weighted by Gasteiger charge is 2.06. The minimum atomic E-state index is -0.496. The van der Waals surface area contributed by atoms with Crippen molar-refractivity contribution in [3.05, 3.63) is 58.9 Å². The van der Waals surface area contributed by atoms with E-state index in [1.54, 1.807) is 18.2 Å². The van der Waals surface area contributed by atoms with Crippen molar-refractivity contribution in [3.8, 4) is 5.75 Å². The Hall–Kier alpha value is -2.27. The van der Waals surface area contributed by atoms with Crippen LogP contribution in [0.3, 0.4) is 0 Å². The first kappa shape index (κ1) is 16.1. The maximum atomic E-state index is 13.4. The molecule has 0 saturated heterocycles. The number of ether oxygens (including phenoxy) is 1. The molecule has 2 aromatic carbocycles. The summed E-state index contributed by atoms with van der Waals surface area (Å²) in [4.78, 5) is 11.6. The Morgan fingerprint density at radius 2 is 2.05 bits per heavy atom. The standard InChI is InChI=1S/C16H16ClFN2O2/c1-11-6-7-12(17)15(10-11)22-9-8-19-16(21)20-14-5-3-2-4-13(14)18/h2-7,10H,8-9H2,1H3,(H2,19,20,21). The number of hydrogen-bond donors (Lipinski definition) is 2. The molecular weight excluding hydrogens is 307 g/mol. The average Bonchev–Trinajstić information content (AvgIpc) is 2.49. The van der Waals surface area contributed by atoms with Gasteiger partial charge in [-0.3, -0.25) is 0 Å². The van der Waals surface area contributed by atoms with E-state index in [2.05, 4.69) is 10.6 Å². The van der Waals surface area contributed by atoms with E-state index in [4.69, 9.17) is 16.3 Å². The molecule has 0 saturated carbocycles. The van der Waals surface area contributed by atoms with Gasteiger partial charge in [-0.15, -0.1) is 0 Å². The Morgan fingerprint density at radius 1 is 1.27 bits per heavy atom. The number of benzene rings is 2. The number of aryl methyl sites for hydroxylation is 1. The number of para-hydroxylation sites is 1. The van der Waals surface area contributed by atoms with Crippen LogP contribution in [0.1, 0.15) is 5.56 Å². The lowest BCUT2D eigenvalue weighted by Crippen LogP contribution is -2.32. The number of halogens is 2. The molecule has 0 radical (unpaired) electrons. The van der Waals surface area contributed by atoms with Crippen molar-refractivity contribution in [1.82, 2.24) is 5.32 Å². The van der Waals surface area contributed by atoms with E-state index in [1.165, 1.54) is 12.1 Å². The van der Waals surface area contributed by atoms with Crippen LogP contribution >= 0.6 is 11.6 Å². The number of carbonyl (C=O) groups is 1. The fraction of sp³-hybridized carbons (Fsp3) is 0.188. The van der Waals surface area contributed by atoms with Gasteiger partial charge in [0.1, 0.15) is 18.2 Å². The minimum Gasteiger partial charge on any atom is -0.490 e. The summed E-state index contributed by atoms with van der Waals surface area (Å²) < 4.78 is 18.9. The van der Waals surface area contributed by atoms with Gasteiger partial charge in [-0.05, 0) is 36.8 Å². The molecule has 2 rings (SSSR count). The second-order valence-corrected chi connectivity index (χ2v) is 5.05. The maximum Gasteiger partial charge on any atom is 0.319 e. The number of amides is 2. The molecule has 6 heteroatoms. The van der Waals surface area contributed by atoms with Crippen molar-refractivity contribution in [1.29, 1.82) is 0 Å². The number of carbonyl (C=O) groups excluding carboxylic acids is 1. The molecule has 4 nitrogen and oxygen atoms in total. The largest absolute Gasteiger partial charge is 0.490 e. The Morgan fingerprint density at radius 3 is 2.82 bits per heavy atom. The van der Waals surface area contributed by atoms with Crippen LogP contribution in [0.4, 0.5) is 14.9 Å². The highest BCUT2D eigenvalue weighted by molar-refractivity contribution is 6.32. The van der Waals surface area contributed by atoms with Crippen molar-refractivity contribution in [2.75, 3.05) is 18.5 Å². The molecule has 0 heterocycles. The zero-order chi connectivity index (χ0) is 15.9. The SMILES string of the molecule is Cc1ccc(Cl)c(OCCNC(=O)Nc2ccccc2F)c1. The molecule has 0 aromatic heterocycles. The molecule has 0 aliphatic carbocycles. The topological polar surface area (TPSA) is 50.4 Å². The summed E-state index contributed by atoms with van der Waals surface area (Å²) in [6.45, 7) is 2.46. The quantitative estimate of drug-likeness (QED) is 0.818. The van der Waals surface area contributed by atoms with E-state index in [1.807, 2.05) is 19.1 Å². The van der Waals surface area contributed by atoms with Crippen molar-refractivity contribution in [2.24, 2.45) is 0 Å². The van der Waals surface area contributed by atoms with E-state index < -0.39 is 11.8 Å². The first-order valence-corrected chi connectivity index (χ1v) is 7.12. The van der Waals surface area contributed by atoms with Crippen LogP contribution in [0.25, 0.3) is 0 Å². The highest BCUT2D eigenvalue weighted by atomic mass is 35.5. The molecule has 0 bridgehead atoms. The molecule has 0 aliphatic rings. The van der Waals surface area contributed by atoms with Crippen LogP contribution in [0, 0.1) is 12.7 Å². The van der Waals surface area contributed by atoms with E-state index >= 15 is 0 Å². The molecule has 22 heavy (non-hydrogen) atoms. The van der Waals surface area contributed by atoms with Gasteiger partial charge in [0.05, 0.1) is 17.3 Å². The smallest absolute Gasteiger partial charge is 0.319 e. The van der Waals surface area contributed by atoms with Gasteiger partial charge in [0.25, 0.3) is 0 Å². The number of anilines is 1. The first-order valence-electron chi connectivity index (χ1n) is 6.74. The molecule has 0 spiro atoms. The van der Waals surface area contributed by atoms with Gasteiger partial charge in [-0.1, -0.05) is 29.8 Å². The molecular formula is C16H16ClFN2O2. The molecule has 0 aliphatic heterocycles. The Kier molecular flexibility index (Phi) is 5.61. The molecule has 0 fully saturated rings. The normalized spacial score (nSPS) is 10.1. The first-order chi connectivity index (χ1) is 10.6. The van der Waals surface area contributed by atoms with Gasteiger partial charge in [0, 0.05) is 0 Å². The third-order valence-electron chi connectivity index (χ3n) is 2.85. The van der Waals surface area contributed by atoms with Gasteiger partial charge in [-0.25, -0.2) is 9.18 Å². The van der Waals surface area contributed by atoms with Crippen molar-refractivity contribution in [3.63, 3.8) is 0 Å². The van der Waals surface area contributed by atoms with Crippen LogP contribution in [-0.2, 0) is 0 Å². The van der Waals surface area contributed by atoms with Gasteiger partial charge in [-0.2, -0.15) is 0 Å². The fourth-order valence-electron chi connectivity index (χ4n) is 1.78. The Bertz CT molecular complexity index is 664. The Balaban J connectivity index is 1.76. The second kappa shape index (κ2) is 7.66. The van der Waals surface area contributed by atoms with Gasteiger partial charge < -0.3 is 15.4 Å². The molecule has 2 amide bonds. The monoisotopic (exact) mass is 322 g/mol. The lowest BCUT2D eigenvalue weighted by molar-refractivity contribution is 0.247. The average molecular weight is 323 g/mol. The summed E-state index contributed by atoms with van der Waals surface area (Å²) >= 11 is 6.00. The zero-order valence-corrected chi connectivity index (χ0v) is 12.8. The van der Waals surface area contributed by atoms with E-state index in [-0.39, 0.29) is 18.8 Å². The predicted molar refractivity (Wildman–Crippen MR) is 85.1 cm³/mol. The third kappa shape index (κ3) is 4.63. The van der Waals surface area contributed by atoms with Crippen molar-refractivity contribution < 1.29 is 13.9 Å². The summed E-state index contributed by atoms with van der Waals surface area (Å²) in [5.74, 6) is 0.0819. The summed E-state index contributed by atoms with van der Waals surface area (Å²) in [5, 5.41) is 5.52. The molecule has 0 atom stereocenters. The van der Waals surface area contributed by atoms with Crippen LogP contribution in [0.2, 0.25) is 5.02 Å². The zero-order valence-electron chi connectivity index (χ0n) is 12.0. The fourth-order valence-corrected chi connectivity index (χ4v) is 1.95. The van der Waals surface area contributed by atoms with E-state index in [9.17, 15) is 9.18 Å². The van der Waals surface area contributed by atoms with Gasteiger partial charge in [0.15, 0.2) is 0 Å². The summed E-state index contributed by atoms with van der Waals surface area (Å²) in [7, 11) is 0. The number of hydrogen-bond acceptors (Lipinski definition) is 2.